The van der Waals surface area contributed by atoms with Crippen molar-refractivity contribution >= 4 is 17.4 Å². The molecule has 1 aliphatic heterocycles. The first-order chi connectivity index (χ1) is 11.2. The number of nitrogens with zero attached hydrogens (tertiary/aromatic N) is 3. The highest BCUT2D eigenvalue weighted by Crippen LogP contribution is 2.26. The molecule has 1 N–H and O–H groups in total. The van der Waals surface area contributed by atoms with E-state index in [0.717, 1.165) is 18.5 Å². The van der Waals surface area contributed by atoms with Crippen LogP contribution in [0.3, 0.4) is 0 Å². The van der Waals surface area contributed by atoms with Crippen molar-refractivity contribution in [3.63, 3.8) is 0 Å². The zero-order valence-electron chi connectivity index (χ0n) is 13.2. The first-order valence-corrected chi connectivity index (χ1v) is 8.84. The quantitative estimate of drug-likeness (QED) is 0.855. The Hall–Kier alpha value is -1.86. The number of morpholine rings is 1. The molecule has 2 amide bonds. The van der Waals surface area contributed by atoms with E-state index in [2.05, 4.69) is 21.9 Å². The second kappa shape index (κ2) is 7.61. The standard InChI is InChI=1S/C16H22N4O2S/c1-13-10-19(11-15(22-13)14-4-9-23-12-14)16(21)17-5-2-7-20-8-3-6-18-20/h3-4,6,8-9,12-13,15H,2,5,7,10-11H2,1H3,(H,17,21). The van der Waals surface area contributed by atoms with Crippen molar-refractivity contribution in [1.29, 1.82) is 0 Å². The number of urea groups is 1. The molecule has 2 aromatic heterocycles. The van der Waals surface area contributed by atoms with Gasteiger partial charge in [-0.15, -0.1) is 0 Å². The third-order valence-electron chi connectivity index (χ3n) is 3.86. The van der Waals surface area contributed by atoms with Crippen LogP contribution < -0.4 is 5.32 Å². The molecule has 6 nitrogen and oxygen atoms in total. The van der Waals surface area contributed by atoms with Gasteiger partial charge in [0, 0.05) is 32.0 Å². The first-order valence-electron chi connectivity index (χ1n) is 7.90. The number of aryl methyl sites for hydroxylation is 1. The number of thiophene rings is 1. The Morgan fingerprint density at radius 3 is 3.17 bits per heavy atom. The van der Waals surface area contributed by atoms with Crippen LogP contribution >= 0.6 is 11.3 Å². The summed E-state index contributed by atoms with van der Waals surface area (Å²) in [6, 6.07) is 3.95. The first kappa shape index (κ1) is 16.0. The molecule has 0 aliphatic carbocycles. The number of amides is 2. The number of hydrogen-bond acceptors (Lipinski definition) is 4. The van der Waals surface area contributed by atoms with Gasteiger partial charge in [0.05, 0.1) is 12.6 Å². The summed E-state index contributed by atoms with van der Waals surface area (Å²) in [5.74, 6) is 0. The van der Waals surface area contributed by atoms with E-state index in [0.29, 0.717) is 19.6 Å². The molecule has 23 heavy (non-hydrogen) atoms. The minimum absolute atomic E-state index is 0.0131. The Morgan fingerprint density at radius 2 is 2.43 bits per heavy atom. The molecule has 1 aliphatic rings. The van der Waals surface area contributed by atoms with Crippen molar-refractivity contribution in [2.24, 2.45) is 0 Å². The summed E-state index contributed by atoms with van der Waals surface area (Å²) < 4.78 is 7.83. The van der Waals surface area contributed by atoms with E-state index in [1.807, 2.05) is 34.1 Å². The van der Waals surface area contributed by atoms with Crippen LogP contribution in [0.2, 0.25) is 0 Å². The highest BCUT2D eigenvalue weighted by Gasteiger charge is 2.29. The topological polar surface area (TPSA) is 59.4 Å². The van der Waals surface area contributed by atoms with E-state index in [9.17, 15) is 4.79 Å². The molecule has 1 saturated heterocycles. The summed E-state index contributed by atoms with van der Waals surface area (Å²) in [5, 5.41) is 11.3. The van der Waals surface area contributed by atoms with Gasteiger partial charge in [0.25, 0.3) is 0 Å². The zero-order valence-corrected chi connectivity index (χ0v) is 14.0. The van der Waals surface area contributed by atoms with Gasteiger partial charge >= 0.3 is 6.03 Å². The third-order valence-corrected chi connectivity index (χ3v) is 4.56. The Morgan fingerprint density at radius 1 is 1.52 bits per heavy atom. The third kappa shape index (κ3) is 4.33. The Bertz CT molecular complexity index is 600. The van der Waals surface area contributed by atoms with Gasteiger partial charge in [-0.1, -0.05) is 0 Å². The second-order valence-corrected chi connectivity index (χ2v) is 6.53. The number of rotatable bonds is 5. The zero-order chi connectivity index (χ0) is 16.1. The van der Waals surface area contributed by atoms with Gasteiger partial charge < -0.3 is 15.0 Å². The lowest BCUT2D eigenvalue weighted by Crippen LogP contribution is -2.50. The van der Waals surface area contributed by atoms with Crippen molar-refractivity contribution in [2.45, 2.75) is 32.1 Å². The molecule has 1 fully saturated rings. The molecule has 2 unspecified atom stereocenters. The number of hydrogen-bond donors (Lipinski definition) is 1. The second-order valence-electron chi connectivity index (χ2n) is 5.75. The van der Waals surface area contributed by atoms with Crippen LogP contribution in [-0.4, -0.2) is 46.4 Å². The minimum Gasteiger partial charge on any atom is -0.367 e. The average molecular weight is 334 g/mol. The molecule has 2 atom stereocenters. The summed E-state index contributed by atoms with van der Waals surface area (Å²) in [7, 11) is 0. The van der Waals surface area contributed by atoms with Gasteiger partial charge in [0.2, 0.25) is 0 Å². The van der Waals surface area contributed by atoms with Gasteiger partial charge in [-0.2, -0.15) is 16.4 Å². The molecule has 0 spiro atoms. The van der Waals surface area contributed by atoms with Crippen molar-refractivity contribution in [3.8, 4) is 0 Å². The fourth-order valence-corrected chi connectivity index (χ4v) is 3.44. The number of carbonyl (C=O) groups excluding carboxylic acids is 1. The summed E-state index contributed by atoms with van der Waals surface area (Å²) in [4.78, 5) is 14.2. The molecule has 0 saturated carbocycles. The fourth-order valence-electron chi connectivity index (χ4n) is 2.74. The average Bonchev–Trinajstić information content (AvgIpc) is 3.24. The highest BCUT2D eigenvalue weighted by atomic mass is 32.1. The largest absolute Gasteiger partial charge is 0.367 e. The molecule has 0 aromatic carbocycles. The van der Waals surface area contributed by atoms with E-state index in [4.69, 9.17) is 4.74 Å². The lowest BCUT2D eigenvalue weighted by molar-refractivity contribution is -0.0654. The maximum Gasteiger partial charge on any atom is 0.317 e. The smallest absolute Gasteiger partial charge is 0.317 e. The molecule has 0 bridgehead atoms. The van der Waals surface area contributed by atoms with Crippen LogP contribution in [-0.2, 0) is 11.3 Å². The molecule has 2 aromatic rings. The predicted molar refractivity (Wildman–Crippen MR) is 89.4 cm³/mol. The van der Waals surface area contributed by atoms with Crippen molar-refractivity contribution in [1.82, 2.24) is 20.0 Å². The molecule has 3 heterocycles. The van der Waals surface area contributed by atoms with Crippen LogP contribution in [0.4, 0.5) is 4.79 Å². The molecular formula is C16H22N4O2S. The van der Waals surface area contributed by atoms with Gasteiger partial charge in [-0.05, 0) is 41.8 Å². The van der Waals surface area contributed by atoms with E-state index in [-0.39, 0.29) is 18.2 Å². The van der Waals surface area contributed by atoms with Gasteiger partial charge in [0.1, 0.15) is 6.10 Å². The van der Waals surface area contributed by atoms with Crippen LogP contribution in [0.5, 0.6) is 0 Å². The van der Waals surface area contributed by atoms with Crippen LogP contribution in [0.25, 0.3) is 0 Å². The number of ether oxygens (including phenoxy) is 1. The SMILES string of the molecule is CC1CN(C(=O)NCCCn2cccn2)CC(c2ccsc2)O1. The maximum atomic E-state index is 12.4. The van der Waals surface area contributed by atoms with Gasteiger partial charge in [0.15, 0.2) is 0 Å². The van der Waals surface area contributed by atoms with Crippen molar-refractivity contribution < 1.29 is 9.53 Å². The minimum atomic E-state index is -0.0279. The molecule has 7 heteroatoms. The number of aromatic nitrogens is 2. The summed E-state index contributed by atoms with van der Waals surface area (Å²) >= 11 is 1.65. The molecule has 124 valence electrons. The maximum absolute atomic E-state index is 12.4. The van der Waals surface area contributed by atoms with E-state index in [1.54, 1.807) is 17.5 Å². The summed E-state index contributed by atoms with van der Waals surface area (Å²) in [6.45, 7) is 4.70. The summed E-state index contributed by atoms with van der Waals surface area (Å²) in [6.07, 6.45) is 4.57. The molecule has 0 radical (unpaired) electrons. The number of nitrogens with one attached hydrogen (secondary N) is 1. The van der Waals surface area contributed by atoms with Gasteiger partial charge in [-0.25, -0.2) is 4.79 Å². The van der Waals surface area contributed by atoms with E-state index in [1.165, 1.54) is 0 Å². The Balaban J connectivity index is 1.46. The summed E-state index contributed by atoms with van der Waals surface area (Å²) in [5.41, 5.74) is 1.15. The highest BCUT2D eigenvalue weighted by molar-refractivity contribution is 7.07. The van der Waals surface area contributed by atoms with Crippen LogP contribution in [0, 0.1) is 0 Å². The van der Waals surface area contributed by atoms with Crippen molar-refractivity contribution in [2.75, 3.05) is 19.6 Å². The molecular weight excluding hydrogens is 312 g/mol. The monoisotopic (exact) mass is 334 g/mol. The molecule has 3 rings (SSSR count). The normalized spacial score (nSPS) is 21.3. The lowest BCUT2D eigenvalue weighted by Gasteiger charge is -2.36. The van der Waals surface area contributed by atoms with E-state index < -0.39 is 0 Å². The lowest BCUT2D eigenvalue weighted by atomic mass is 10.1. The van der Waals surface area contributed by atoms with Gasteiger partial charge in [-0.3, -0.25) is 4.68 Å². The Labute approximate surface area is 140 Å². The fraction of sp³-hybridized carbons (Fsp3) is 0.500. The van der Waals surface area contributed by atoms with Crippen molar-refractivity contribution in [3.05, 3.63) is 40.8 Å². The number of carbonyl (C=O) groups is 1. The van der Waals surface area contributed by atoms with Crippen LogP contribution in [0.15, 0.2) is 35.3 Å². The Kier molecular flexibility index (Phi) is 5.30. The van der Waals surface area contributed by atoms with E-state index >= 15 is 0 Å². The predicted octanol–water partition coefficient (Wildman–Crippen LogP) is 2.51. The van der Waals surface area contributed by atoms with Crippen LogP contribution in [0.1, 0.15) is 25.0 Å².